The van der Waals surface area contributed by atoms with Crippen LogP contribution in [0, 0.1) is 11.7 Å². The largest absolute Gasteiger partial charge is 0.484 e. The van der Waals surface area contributed by atoms with Gasteiger partial charge >= 0.3 is 0 Å². The molecule has 0 radical (unpaired) electrons. The minimum Gasteiger partial charge on any atom is -0.484 e. The van der Waals surface area contributed by atoms with Gasteiger partial charge in [-0.1, -0.05) is 35.9 Å². The van der Waals surface area contributed by atoms with Crippen molar-refractivity contribution in [2.45, 2.75) is 38.1 Å². The van der Waals surface area contributed by atoms with Crippen LogP contribution in [-0.2, 0) is 4.79 Å². The Morgan fingerprint density at radius 3 is 2.76 bits per heavy atom. The van der Waals surface area contributed by atoms with Gasteiger partial charge in [-0.3, -0.25) is 4.79 Å². The van der Waals surface area contributed by atoms with Gasteiger partial charge in [0.2, 0.25) is 0 Å². The van der Waals surface area contributed by atoms with Crippen molar-refractivity contribution in [2.75, 3.05) is 6.61 Å². The standard InChI is InChI=1S/C23H26ClFN2O2/c1-15(18-6-9-22(25)21(24)13-18)27-11-10-16-2-3-19(12-16)17-4-7-20(8-5-17)29-14-23(26)28/h4-11,13,15-16,19,27H,2-3,12,14H2,1H3,(H2,26,28)/b11-10+/t15-,16?,19-/m1/s1. The number of halogens is 2. The molecule has 1 aliphatic carbocycles. The first-order valence-corrected chi connectivity index (χ1v) is 10.2. The summed E-state index contributed by atoms with van der Waals surface area (Å²) in [5.74, 6) is 0.805. The van der Waals surface area contributed by atoms with E-state index in [2.05, 4.69) is 23.5 Å². The summed E-state index contributed by atoms with van der Waals surface area (Å²) in [5, 5.41) is 3.49. The number of amides is 1. The van der Waals surface area contributed by atoms with E-state index in [9.17, 15) is 9.18 Å². The maximum atomic E-state index is 13.3. The van der Waals surface area contributed by atoms with Gasteiger partial charge in [-0.2, -0.15) is 0 Å². The zero-order valence-corrected chi connectivity index (χ0v) is 17.2. The fourth-order valence-electron chi connectivity index (χ4n) is 3.70. The van der Waals surface area contributed by atoms with Gasteiger partial charge in [0, 0.05) is 6.04 Å². The lowest BCUT2D eigenvalue weighted by atomic mass is 9.96. The zero-order chi connectivity index (χ0) is 20.8. The Morgan fingerprint density at radius 2 is 2.07 bits per heavy atom. The van der Waals surface area contributed by atoms with Crippen LogP contribution >= 0.6 is 11.6 Å². The minimum absolute atomic E-state index is 0.0505. The lowest BCUT2D eigenvalue weighted by molar-refractivity contribution is -0.119. The molecule has 0 aromatic heterocycles. The number of hydrogen-bond acceptors (Lipinski definition) is 3. The molecule has 0 saturated heterocycles. The third kappa shape index (κ3) is 5.97. The first-order chi connectivity index (χ1) is 13.9. The molecule has 1 amide bonds. The summed E-state index contributed by atoms with van der Waals surface area (Å²) in [4.78, 5) is 10.8. The van der Waals surface area contributed by atoms with Crippen LogP contribution in [0.1, 0.15) is 49.3 Å². The average Bonchev–Trinajstić information content (AvgIpc) is 3.17. The lowest BCUT2D eigenvalue weighted by Crippen LogP contribution is -2.19. The van der Waals surface area contributed by atoms with Crippen LogP contribution in [-0.4, -0.2) is 12.5 Å². The molecule has 1 unspecified atom stereocenters. The number of nitrogens with one attached hydrogen (secondary N) is 1. The summed E-state index contributed by atoms with van der Waals surface area (Å²) >= 11 is 5.86. The molecule has 6 heteroatoms. The van der Waals surface area contributed by atoms with Gasteiger partial charge in [0.1, 0.15) is 11.6 Å². The summed E-state index contributed by atoms with van der Waals surface area (Å²) < 4.78 is 18.6. The Kier molecular flexibility index (Phi) is 7.15. The van der Waals surface area contributed by atoms with Crippen molar-refractivity contribution in [3.63, 3.8) is 0 Å². The van der Waals surface area contributed by atoms with Crippen LogP contribution in [0.3, 0.4) is 0 Å². The maximum absolute atomic E-state index is 13.3. The second-order valence-electron chi connectivity index (χ2n) is 7.52. The number of rotatable bonds is 8. The van der Waals surface area contributed by atoms with Crippen molar-refractivity contribution in [2.24, 2.45) is 11.7 Å². The van der Waals surface area contributed by atoms with E-state index in [1.54, 1.807) is 12.1 Å². The Hall–Kier alpha value is -2.53. The molecule has 3 N–H and O–H groups in total. The molecule has 1 saturated carbocycles. The fraction of sp³-hybridized carbons (Fsp3) is 0.348. The second-order valence-corrected chi connectivity index (χ2v) is 7.92. The molecular weight excluding hydrogens is 391 g/mol. The van der Waals surface area contributed by atoms with Crippen LogP contribution in [0.2, 0.25) is 5.02 Å². The van der Waals surface area contributed by atoms with Gasteiger partial charge < -0.3 is 15.8 Å². The topological polar surface area (TPSA) is 64.3 Å². The van der Waals surface area contributed by atoms with Crippen molar-refractivity contribution in [1.82, 2.24) is 5.32 Å². The van der Waals surface area contributed by atoms with E-state index < -0.39 is 11.7 Å². The van der Waals surface area contributed by atoms with Gasteiger partial charge in [0.05, 0.1) is 5.02 Å². The predicted molar refractivity (Wildman–Crippen MR) is 113 cm³/mol. The number of primary amides is 1. The molecule has 4 nitrogen and oxygen atoms in total. The quantitative estimate of drug-likeness (QED) is 0.629. The van der Waals surface area contributed by atoms with Gasteiger partial charge in [-0.05, 0) is 79.6 Å². The SMILES string of the molecule is C[C@@H](N/C=C/C1CC[C@@H](c2ccc(OCC(N)=O)cc2)C1)c1ccc(F)c(Cl)c1. The molecule has 0 spiro atoms. The van der Waals surface area contributed by atoms with Gasteiger partial charge in [-0.15, -0.1) is 0 Å². The van der Waals surface area contributed by atoms with Crippen LogP contribution in [0.4, 0.5) is 4.39 Å². The van der Waals surface area contributed by atoms with E-state index in [0.717, 1.165) is 24.8 Å². The number of carbonyl (C=O) groups excluding carboxylic acids is 1. The minimum atomic E-state index is -0.482. The van der Waals surface area contributed by atoms with Crippen LogP contribution in [0.25, 0.3) is 0 Å². The highest BCUT2D eigenvalue weighted by molar-refractivity contribution is 6.30. The van der Waals surface area contributed by atoms with E-state index in [0.29, 0.717) is 17.6 Å². The first-order valence-electron chi connectivity index (χ1n) is 9.81. The molecule has 154 valence electrons. The van der Waals surface area contributed by atoms with E-state index in [1.165, 1.54) is 11.6 Å². The summed E-state index contributed by atoms with van der Waals surface area (Å²) in [5.41, 5.74) is 7.33. The third-order valence-electron chi connectivity index (χ3n) is 5.36. The summed E-state index contributed by atoms with van der Waals surface area (Å²) in [6.07, 6.45) is 7.58. The summed E-state index contributed by atoms with van der Waals surface area (Å²) in [7, 11) is 0. The molecule has 0 bridgehead atoms. The number of allylic oxidation sites excluding steroid dienone is 1. The smallest absolute Gasteiger partial charge is 0.255 e. The highest BCUT2D eigenvalue weighted by atomic mass is 35.5. The molecule has 1 aliphatic rings. The molecule has 2 aromatic carbocycles. The second kappa shape index (κ2) is 9.79. The Bertz CT molecular complexity index is 870. The molecular formula is C23H26ClFN2O2. The lowest BCUT2D eigenvalue weighted by Gasteiger charge is -2.14. The van der Waals surface area contributed by atoms with E-state index in [4.69, 9.17) is 22.1 Å². The Morgan fingerprint density at radius 1 is 1.31 bits per heavy atom. The van der Waals surface area contributed by atoms with Crippen molar-refractivity contribution >= 4 is 17.5 Å². The van der Waals surface area contributed by atoms with E-state index in [1.807, 2.05) is 25.3 Å². The average molecular weight is 417 g/mol. The third-order valence-corrected chi connectivity index (χ3v) is 5.65. The number of nitrogens with two attached hydrogens (primary N) is 1. The van der Waals surface area contributed by atoms with Crippen molar-refractivity contribution in [3.05, 3.63) is 76.7 Å². The van der Waals surface area contributed by atoms with Gasteiger partial charge in [0.25, 0.3) is 5.91 Å². The number of ether oxygens (including phenoxy) is 1. The number of carbonyl (C=O) groups is 1. The molecule has 3 rings (SSSR count). The molecule has 3 atom stereocenters. The fourth-order valence-corrected chi connectivity index (χ4v) is 3.89. The highest BCUT2D eigenvalue weighted by Gasteiger charge is 2.24. The highest BCUT2D eigenvalue weighted by Crippen LogP contribution is 2.39. The first kappa shape index (κ1) is 21.2. The summed E-state index contributed by atoms with van der Waals surface area (Å²) in [6, 6.07) is 12.7. The zero-order valence-electron chi connectivity index (χ0n) is 16.4. The molecule has 2 aromatic rings. The van der Waals surface area contributed by atoms with Crippen molar-refractivity contribution in [1.29, 1.82) is 0 Å². The van der Waals surface area contributed by atoms with E-state index in [-0.39, 0.29) is 17.7 Å². The Labute approximate surface area is 175 Å². The van der Waals surface area contributed by atoms with Crippen molar-refractivity contribution in [3.8, 4) is 5.75 Å². The summed E-state index contributed by atoms with van der Waals surface area (Å²) in [6.45, 7) is 1.92. The Balaban J connectivity index is 1.49. The molecule has 29 heavy (non-hydrogen) atoms. The monoisotopic (exact) mass is 416 g/mol. The van der Waals surface area contributed by atoms with Gasteiger partial charge in [0.15, 0.2) is 6.61 Å². The van der Waals surface area contributed by atoms with Crippen LogP contribution in [0.5, 0.6) is 5.75 Å². The van der Waals surface area contributed by atoms with Crippen LogP contribution in [0.15, 0.2) is 54.7 Å². The molecule has 0 heterocycles. The van der Waals surface area contributed by atoms with Crippen molar-refractivity contribution < 1.29 is 13.9 Å². The number of hydrogen-bond donors (Lipinski definition) is 2. The van der Waals surface area contributed by atoms with E-state index >= 15 is 0 Å². The van der Waals surface area contributed by atoms with Crippen LogP contribution < -0.4 is 15.8 Å². The predicted octanol–water partition coefficient (Wildman–Crippen LogP) is 5.09. The number of benzene rings is 2. The molecule has 0 aliphatic heterocycles. The normalized spacial score (nSPS) is 20.0. The van der Waals surface area contributed by atoms with Gasteiger partial charge in [-0.25, -0.2) is 4.39 Å². The maximum Gasteiger partial charge on any atom is 0.255 e. The molecule has 1 fully saturated rings.